The Bertz CT molecular complexity index is 1600. The Morgan fingerprint density at radius 1 is 0.812 bits per heavy atom. The Balaban J connectivity index is 1.71. The molecule has 0 amide bonds. The molecule has 0 saturated heterocycles. The number of aromatic nitrogens is 3. The van der Waals surface area contributed by atoms with Crippen LogP contribution in [0.4, 0.5) is 0 Å². The molecule has 3 aromatic carbocycles. The highest BCUT2D eigenvalue weighted by molar-refractivity contribution is 6.09. The SMILES string of the molecule is CC(C)(C)c1cnc2c(c1)nc(-c1cccc3c1oc1ccccc13)n2-c1ccccc1. The first-order chi connectivity index (χ1) is 15.5. The fraction of sp³-hybridized carbons (Fsp3) is 0.143. The number of furan rings is 1. The van der Waals surface area contributed by atoms with E-state index in [4.69, 9.17) is 14.4 Å². The molecule has 0 fully saturated rings. The van der Waals surface area contributed by atoms with Gasteiger partial charge in [0.05, 0.1) is 5.56 Å². The van der Waals surface area contributed by atoms with Gasteiger partial charge in [0.2, 0.25) is 0 Å². The zero-order valence-electron chi connectivity index (χ0n) is 18.3. The van der Waals surface area contributed by atoms with E-state index in [1.165, 1.54) is 0 Å². The van der Waals surface area contributed by atoms with Gasteiger partial charge in [0, 0.05) is 22.7 Å². The van der Waals surface area contributed by atoms with Gasteiger partial charge in [-0.25, -0.2) is 9.97 Å². The lowest BCUT2D eigenvalue weighted by Gasteiger charge is -2.18. The first-order valence-corrected chi connectivity index (χ1v) is 10.9. The number of hydrogen-bond acceptors (Lipinski definition) is 3. The summed E-state index contributed by atoms with van der Waals surface area (Å²) in [6.07, 6.45) is 1.97. The van der Waals surface area contributed by atoms with Gasteiger partial charge in [-0.05, 0) is 41.3 Å². The predicted molar refractivity (Wildman–Crippen MR) is 130 cm³/mol. The Labute approximate surface area is 186 Å². The van der Waals surface area contributed by atoms with Crippen molar-refractivity contribution in [3.8, 4) is 17.1 Å². The molecular weight excluding hydrogens is 394 g/mol. The van der Waals surface area contributed by atoms with Crippen molar-refractivity contribution >= 4 is 33.1 Å². The number of rotatable bonds is 2. The molecular formula is C28H23N3O. The van der Waals surface area contributed by atoms with Crippen LogP contribution in [0.3, 0.4) is 0 Å². The number of benzene rings is 3. The maximum atomic E-state index is 6.33. The van der Waals surface area contributed by atoms with Gasteiger partial charge in [-0.3, -0.25) is 4.57 Å². The molecule has 6 rings (SSSR count). The molecule has 0 spiro atoms. The van der Waals surface area contributed by atoms with Crippen molar-refractivity contribution in [2.75, 3.05) is 0 Å². The fourth-order valence-electron chi connectivity index (χ4n) is 4.30. The van der Waals surface area contributed by atoms with E-state index >= 15 is 0 Å². The molecule has 4 heteroatoms. The zero-order valence-corrected chi connectivity index (χ0v) is 18.3. The summed E-state index contributed by atoms with van der Waals surface area (Å²) in [7, 11) is 0. The highest BCUT2D eigenvalue weighted by atomic mass is 16.3. The van der Waals surface area contributed by atoms with Gasteiger partial charge in [0.15, 0.2) is 11.5 Å². The van der Waals surface area contributed by atoms with Crippen LogP contribution < -0.4 is 0 Å². The van der Waals surface area contributed by atoms with E-state index in [1.807, 2.05) is 42.6 Å². The van der Waals surface area contributed by atoms with Crippen molar-refractivity contribution in [2.45, 2.75) is 26.2 Å². The third-order valence-corrected chi connectivity index (χ3v) is 6.02. The summed E-state index contributed by atoms with van der Waals surface area (Å²) >= 11 is 0. The second-order valence-electron chi connectivity index (χ2n) is 9.20. The van der Waals surface area contributed by atoms with Crippen LogP contribution in [0.5, 0.6) is 0 Å². The number of fused-ring (bicyclic) bond motifs is 4. The van der Waals surface area contributed by atoms with Gasteiger partial charge in [-0.15, -0.1) is 0 Å². The second kappa shape index (κ2) is 6.79. The van der Waals surface area contributed by atoms with Crippen LogP contribution >= 0.6 is 0 Å². The molecule has 0 aliphatic heterocycles. The van der Waals surface area contributed by atoms with Crippen LogP contribution in [-0.2, 0) is 5.41 Å². The molecule has 0 radical (unpaired) electrons. The van der Waals surface area contributed by atoms with E-state index < -0.39 is 0 Å². The second-order valence-corrected chi connectivity index (χ2v) is 9.20. The van der Waals surface area contributed by atoms with E-state index in [1.54, 1.807) is 0 Å². The summed E-state index contributed by atoms with van der Waals surface area (Å²) in [6.45, 7) is 6.58. The van der Waals surface area contributed by atoms with Gasteiger partial charge in [-0.2, -0.15) is 0 Å². The van der Waals surface area contributed by atoms with Gasteiger partial charge < -0.3 is 4.42 Å². The lowest BCUT2D eigenvalue weighted by Crippen LogP contribution is -2.11. The summed E-state index contributed by atoms with van der Waals surface area (Å²) < 4.78 is 8.46. The molecule has 3 aromatic heterocycles. The normalized spacial score (nSPS) is 12.2. The minimum absolute atomic E-state index is 0.00334. The average molecular weight is 418 g/mol. The molecule has 6 aromatic rings. The number of imidazole rings is 1. The summed E-state index contributed by atoms with van der Waals surface area (Å²) in [5, 5.41) is 2.20. The van der Waals surface area contributed by atoms with Gasteiger partial charge in [0.25, 0.3) is 0 Å². The summed E-state index contributed by atoms with van der Waals surface area (Å²) in [5.41, 5.74) is 6.58. The third kappa shape index (κ3) is 2.83. The van der Waals surface area contributed by atoms with Crippen LogP contribution in [-0.4, -0.2) is 14.5 Å². The van der Waals surface area contributed by atoms with Crippen LogP contribution in [0.2, 0.25) is 0 Å². The van der Waals surface area contributed by atoms with Gasteiger partial charge in [-0.1, -0.05) is 69.3 Å². The quantitative estimate of drug-likeness (QED) is 0.297. The molecule has 0 unspecified atom stereocenters. The highest BCUT2D eigenvalue weighted by Gasteiger charge is 2.22. The Morgan fingerprint density at radius 2 is 1.56 bits per heavy atom. The van der Waals surface area contributed by atoms with Crippen LogP contribution in [0.1, 0.15) is 26.3 Å². The minimum Gasteiger partial charge on any atom is -0.455 e. The van der Waals surface area contributed by atoms with Crippen molar-refractivity contribution in [1.82, 2.24) is 14.5 Å². The lowest BCUT2D eigenvalue weighted by atomic mass is 9.88. The fourth-order valence-corrected chi connectivity index (χ4v) is 4.30. The summed E-state index contributed by atoms with van der Waals surface area (Å²) in [4.78, 5) is 9.96. The van der Waals surface area contributed by atoms with Crippen molar-refractivity contribution in [3.05, 3.63) is 90.6 Å². The Hall–Kier alpha value is -3.92. The Morgan fingerprint density at radius 3 is 2.38 bits per heavy atom. The van der Waals surface area contributed by atoms with Crippen molar-refractivity contribution < 1.29 is 4.42 Å². The summed E-state index contributed by atoms with van der Waals surface area (Å²) in [6, 6.07) is 26.8. The average Bonchev–Trinajstić information content (AvgIpc) is 3.37. The van der Waals surface area contributed by atoms with Gasteiger partial charge >= 0.3 is 0 Å². The molecule has 0 saturated carbocycles. The van der Waals surface area contributed by atoms with Crippen LogP contribution in [0, 0.1) is 0 Å². The van der Waals surface area contributed by atoms with Crippen molar-refractivity contribution in [1.29, 1.82) is 0 Å². The third-order valence-electron chi connectivity index (χ3n) is 6.02. The maximum Gasteiger partial charge on any atom is 0.164 e. The monoisotopic (exact) mass is 417 g/mol. The number of hydrogen-bond donors (Lipinski definition) is 0. The topological polar surface area (TPSA) is 43.9 Å². The molecule has 0 atom stereocenters. The molecule has 4 nitrogen and oxygen atoms in total. The lowest BCUT2D eigenvalue weighted by molar-refractivity contribution is 0.588. The van der Waals surface area contributed by atoms with Gasteiger partial charge in [0.1, 0.15) is 16.7 Å². The number of pyridine rings is 1. The smallest absolute Gasteiger partial charge is 0.164 e. The summed E-state index contributed by atoms with van der Waals surface area (Å²) in [5.74, 6) is 0.828. The van der Waals surface area contributed by atoms with E-state index in [0.29, 0.717) is 0 Å². The minimum atomic E-state index is -0.00334. The number of nitrogens with zero attached hydrogens (tertiary/aromatic N) is 3. The largest absolute Gasteiger partial charge is 0.455 e. The molecule has 0 bridgehead atoms. The van der Waals surface area contributed by atoms with Crippen LogP contribution in [0.15, 0.2) is 89.5 Å². The molecule has 32 heavy (non-hydrogen) atoms. The number of para-hydroxylation sites is 3. The van der Waals surface area contributed by atoms with E-state index in [0.717, 1.165) is 55.7 Å². The molecule has 3 heterocycles. The van der Waals surface area contributed by atoms with E-state index in [-0.39, 0.29) is 5.41 Å². The molecule has 156 valence electrons. The van der Waals surface area contributed by atoms with Crippen molar-refractivity contribution in [3.63, 3.8) is 0 Å². The van der Waals surface area contributed by atoms with Crippen molar-refractivity contribution in [2.24, 2.45) is 0 Å². The first kappa shape index (κ1) is 18.8. The van der Waals surface area contributed by atoms with E-state index in [9.17, 15) is 0 Å². The standard InChI is InChI=1S/C28H23N3O/c1-28(2,3)18-16-23-27(29-17-18)31(19-10-5-4-6-11-19)26(30-23)22-14-9-13-21-20-12-7-8-15-24(20)32-25(21)22/h4-17H,1-3H3. The highest BCUT2D eigenvalue weighted by Crippen LogP contribution is 2.37. The molecule has 0 aliphatic carbocycles. The van der Waals surface area contributed by atoms with E-state index in [2.05, 4.69) is 67.8 Å². The predicted octanol–water partition coefficient (Wildman–Crippen LogP) is 7.28. The Kier molecular flexibility index (Phi) is 3.99. The maximum absolute atomic E-state index is 6.33. The molecule has 0 N–H and O–H groups in total. The first-order valence-electron chi connectivity index (χ1n) is 10.9. The molecule has 0 aliphatic rings. The zero-order chi connectivity index (χ0) is 21.9. The van der Waals surface area contributed by atoms with Crippen LogP contribution in [0.25, 0.3) is 50.2 Å².